The molecule has 3 aromatic rings. The first-order chi connectivity index (χ1) is 11.0. The zero-order valence-electron chi connectivity index (χ0n) is 13.8. The maximum Gasteiger partial charge on any atom is 0.264 e. The number of nitrogens with zero attached hydrogens (tertiary/aromatic N) is 4. The van der Waals surface area contributed by atoms with E-state index in [2.05, 4.69) is 34.3 Å². The van der Waals surface area contributed by atoms with Crippen LogP contribution in [0.25, 0.3) is 0 Å². The fourth-order valence-corrected chi connectivity index (χ4v) is 2.50. The molecule has 23 heavy (non-hydrogen) atoms. The van der Waals surface area contributed by atoms with Crippen molar-refractivity contribution in [3.8, 4) is 5.75 Å². The van der Waals surface area contributed by atoms with Crippen molar-refractivity contribution < 1.29 is 9.26 Å². The Bertz CT molecular complexity index is 820. The van der Waals surface area contributed by atoms with Gasteiger partial charge in [0, 0.05) is 13.5 Å². The van der Waals surface area contributed by atoms with Crippen molar-refractivity contribution in [1.82, 2.24) is 19.9 Å². The van der Waals surface area contributed by atoms with Gasteiger partial charge in [-0.2, -0.15) is 10.1 Å². The van der Waals surface area contributed by atoms with E-state index in [1.807, 2.05) is 33.0 Å². The van der Waals surface area contributed by atoms with Crippen LogP contribution in [0.1, 0.15) is 34.2 Å². The summed E-state index contributed by atoms with van der Waals surface area (Å²) in [6, 6.07) is 8.19. The number of aryl methyl sites for hydroxylation is 3. The number of ether oxygens (including phenoxy) is 1. The molecule has 0 unspecified atom stereocenters. The molecule has 3 rings (SSSR count). The van der Waals surface area contributed by atoms with Gasteiger partial charge in [0.25, 0.3) is 5.89 Å². The van der Waals surface area contributed by atoms with Gasteiger partial charge in [0.2, 0.25) is 0 Å². The van der Waals surface area contributed by atoms with Crippen molar-refractivity contribution in [3.63, 3.8) is 0 Å². The standard InChI is InChI=1S/C17H20N4O2/c1-11-7-5-6-8-14(11)9-15-18-16(23-20-15)10-22-17-12(2)19-21(4)13(17)3/h5-8H,9-10H2,1-4H3. The van der Waals surface area contributed by atoms with E-state index in [1.54, 1.807) is 4.68 Å². The van der Waals surface area contributed by atoms with E-state index in [0.29, 0.717) is 18.1 Å². The highest BCUT2D eigenvalue weighted by atomic mass is 16.5. The van der Waals surface area contributed by atoms with Crippen molar-refractivity contribution in [2.75, 3.05) is 0 Å². The molecule has 0 saturated carbocycles. The molecule has 0 aliphatic carbocycles. The lowest BCUT2D eigenvalue weighted by molar-refractivity contribution is 0.240. The molecule has 6 heteroatoms. The van der Waals surface area contributed by atoms with Crippen LogP contribution in [0.5, 0.6) is 5.75 Å². The second kappa shape index (κ2) is 6.24. The number of aromatic nitrogens is 4. The van der Waals surface area contributed by atoms with Crippen LogP contribution in [-0.2, 0) is 20.1 Å². The highest BCUT2D eigenvalue weighted by Crippen LogP contribution is 2.22. The molecule has 0 atom stereocenters. The lowest BCUT2D eigenvalue weighted by atomic mass is 10.1. The Hall–Kier alpha value is -2.63. The Labute approximate surface area is 135 Å². The van der Waals surface area contributed by atoms with Crippen LogP contribution >= 0.6 is 0 Å². The zero-order valence-corrected chi connectivity index (χ0v) is 13.8. The summed E-state index contributed by atoms with van der Waals surface area (Å²) in [6.07, 6.45) is 0.654. The van der Waals surface area contributed by atoms with E-state index < -0.39 is 0 Å². The Kier molecular flexibility index (Phi) is 4.14. The molecule has 6 nitrogen and oxygen atoms in total. The molecule has 0 aliphatic heterocycles. The average molecular weight is 312 g/mol. The first-order valence-corrected chi connectivity index (χ1v) is 7.53. The molecule has 0 aliphatic rings. The van der Waals surface area contributed by atoms with Crippen LogP contribution in [0, 0.1) is 20.8 Å². The van der Waals surface area contributed by atoms with Gasteiger partial charge in [-0.25, -0.2) is 0 Å². The molecule has 0 radical (unpaired) electrons. The number of rotatable bonds is 5. The Morgan fingerprint density at radius 1 is 1.17 bits per heavy atom. The molecule has 2 aromatic heterocycles. The lowest BCUT2D eigenvalue weighted by Crippen LogP contribution is -1.99. The zero-order chi connectivity index (χ0) is 16.4. The van der Waals surface area contributed by atoms with Crippen LogP contribution < -0.4 is 4.74 Å². The highest BCUT2D eigenvalue weighted by molar-refractivity contribution is 5.31. The van der Waals surface area contributed by atoms with Crippen molar-refractivity contribution in [2.24, 2.45) is 7.05 Å². The Morgan fingerprint density at radius 3 is 2.65 bits per heavy atom. The molecule has 0 saturated heterocycles. The third-order valence-electron chi connectivity index (χ3n) is 3.90. The van der Waals surface area contributed by atoms with E-state index >= 15 is 0 Å². The van der Waals surface area contributed by atoms with Crippen molar-refractivity contribution in [2.45, 2.75) is 33.8 Å². The highest BCUT2D eigenvalue weighted by Gasteiger charge is 2.13. The predicted octanol–water partition coefficient (Wildman–Crippen LogP) is 2.90. The third kappa shape index (κ3) is 3.26. The van der Waals surface area contributed by atoms with Crippen molar-refractivity contribution in [1.29, 1.82) is 0 Å². The second-order valence-corrected chi connectivity index (χ2v) is 5.62. The van der Waals surface area contributed by atoms with Gasteiger partial charge >= 0.3 is 0 Å². The summed E-state index contributed by atoms with van der Waals surface area (Å²) in [6.45, 7) is 6.20. The first-order valence-electron chi connectivity index (χ1n) is 7.53. The van der Waals surface area contributed by atoms with E-state index in [4.69, 9.17) is 9.26 Å². The number of benzene rings is 1. The summed E-state index contributed by atoms with van der Waals surface area (Å²) < 4.78 is 12.8. The molecule has 0 spiro atoms. The quantitative estimate of drug-likeness (QED) is 0.724. The van der Waals surface area contributed by atoms with Crippen LogP contribution in [0.4, 0.5) is 0 Å². The molecule has 0 fully saturated rings. The summed E-state index contributed by atoms with van der Waals surface area (Å²) in [4.78, 5) is 4.40. The minimum atomic E-state index is 0.244. The van der Waals surface area contributed by atoms with Crippen molar-refractivity contribution >= 4 is 0 Å². The molecule has 120 valence electrons. The largest absolute Gasteiger partial charge is 0.480 e. The van der Waals surface area contributed by atoms with Crippen molar-refractivity contribution in [3.05, 3.63) is 58.5 Å². The smallest absolute Gasteiger partial charge is 0.264 e. The van der Waals surface area contributed by atoms with Gasteiger partial charge in [-0.05, 0) is 31.9 Å². The minimum Gasteiger partial charge on any atom is -0.480 e. The van der Waals surface area contributed by atoms with Gasteiger partial charge in [0.1, 0.15) is 5.69 Å². The summed E-state index contributed by atoms with van der Waals surface area (Å²) in [5.41, 5.74) is 4.24. The molecule has 1 aromatic carbocycles. The lowest BCUT2D eigenvalue weighted by Gasteiger charge is -2.03. The van der Waals surface area contributed by atoms with Crippen LogP contribution in [0.3, 0.4) is 0 Å². The van der Waals surface area contributed by atoms with Gasteiger partial charge in [0.05, 0.1) is 5.69 Å². The molecule has 0 amide bonds. The summed E-state index contributed by atoms with van der Waals surface area (Å²) >= 11 is 0. The maximum absolute atomic E-state index is 5.78. The Balaban J connectivity index is 1.67. The van der Waals surface area contributed by atoms with Gasteiger partial charge in [-0.15, -0.1) is 0 Å². The summed E-state index contributed by atoms with van der Waals surface area (Å²) in [7, 11) is 1.89. The summed E-state index contributed by atoms with van der Waals surface area (Å²) in [5, 5.41) is 8.35. The monoisotopic (exact) mass is 312 g/mol. The van der Waals surface area contributed by atoms with E-state index in [9.17, 15) is 0 Å². The second-order valence-electron chi connectivity index (χ2n) is 5.62. The van der Waals surface area contributed by atoms with Crippen LogP contribution in [0.15, 0.2) is 28.8 Å². The number of hydrogen-bond acceptors (Lipinski definition) is 5. The topological polar surface area (TPSA) is 66.0 Å². The van der Waals surface area contributed by atoms with E-state index in [1.165, 1.54) is 11.1 Å². The molecule has 2 heterocycles. The molecule has 0 N–H and O–H groups in total. The van der Waals surface area contributed by atoms with E-state index in [-0.39, 0.29) is 6.61 Å². The van der Waals surface area contributed by atoms with Gasteiger partial charge in [-0.3, -0.25) is 4.68 Å². The van der Waals surface area contributed by atoms with Gasteiger partial charge < -0.3 is 9.26 Å². The first kappa shape index (κ1) is 15.3. The summed E-state index contributed by atoms with van der Waals surface area (Å²) in [5.74, 6) is 1.90. The average Bonchev–Trinajstić information content (AvgIpc) is 3.06. The van der Waals surface area contributed by atoms with Gasteiger partial charge in [-0.1, -0.05) is 29.4 Å². The number of hydrogen-bond donors (Lipinski definition) is 0. The Morgan fingerprint density at radius 2 is 1.96 bits per heavy atom. The maximum atomic E-state index is 5.78. The third-order valence-corrected chi connectivity index (χ3v) is 3.90. The predicted molar refractivity (Wildman–Crippen MR) is 85.3 cm³/mol. The fraction of sp³-hybridized carbons (Fsp3) is 0.353. The van der Waals surface area contributed by atoms with Gasteiger partial charge in [0.15, 0.2) is 18.2 Å². The van der Waals surface area contributed by atoms with Crippen LogP contribution in [-0.4, -0.2) is 19.9 Å². The molecule has 0 bridgehead atoms. The minimum absolute atomic E-state index is 0.244. The fourth-order valence-electron chi connectivity index (χ4n) is 2.50. The van der Waals surface area contributed by atoms with E-state index in [0.717, 1.165) is 17.1 Å². The normalized spacial score (nSPS) is 11.0. The van der Waals surface area contributed by atoms with Crippen LogP contribution in [0.2, 0.25) is 0 Å². The molecular formula is C17H20N4O2. The molecular weight excluding hydrogens is 292 g/mol. The SMILES string of the molecule is Cc1ccccc1Cc1noc(COc2c(C)nn(C)c2C)n1.